The van der Waals surface area contributed by atoms with Crippen molar-refractivity contribution in [3.63, 3.8) is 0 Å². The number of hydrogen-bond acceptors (Lipinski definition) is 5. The molecule has 1 aliphatic rings. The van der Waals surface area contributed by atoms with Gasteiger partial charge in [-0.25, -0.2) is 4.68 Å². The van der Waals surface area contributed by atoms with Crippen molar-refractivity contribution in [3.8, 4) is 11.4 Å². The highest BCUT2D eigenvalue weighted by Gasteiger charge is 2.35. The first-order valence-electron chi connectivity index (χ1n) is 9.70. The van der Waals surface area contributed by atoms with Crippen LogP contribution in [0.1, 0.15) is 17.8 Å². The highest BCUT2D eigenvalue weighted by Crippen LogP contribution is 2.38. The molecular weight excluding hydrogens is 430 g/mol. The molecule has 0 saturated carbocycles. The van der Waals surface area contributed by atoms with E-state index in [1.54, 1.807) is 16.0 Å². The molecule has 0 bridgehead atoms. The van der Waals surface area contributed by atoms with Crippen LogP contribution in [-0.2, 0) is 4.79 Å². The van der Waals surface area contributed by atoms with Gasteiger partial charge in [0.25, 0.3) is 5.91 Å². The number of nitrogens with zero attached hydrogens (tertiary/aromatic N) is 3. The number of anilines is 2. The Hall–Kier alpha value is -3.42. The Morgan fingerprint density at radius 1 is 1.10 bits per heavy atom. The predicted molar refractivity (Wildman–Crippen MR) is 124 cm³/mol. The quantitative estimate of drug-likeness (QED) is 0.428. The van der Waals surface area contributed by atoms with E-state index >= 15 is 0 Å². The van der Waals surface area contributed by atoms with Crippen molar-refractivity contribution in [2.24, 2.45) is 0 Å². The Balaban J connectivity index is 1.57. The van der Waals surface area contributed by atoms with Gasteiger partial charge in [0.1, 0.15) is 6.04 Å². The summed E-state index contributed by atoms with van der Waals surface area (Å²) in [6.07, 6.45) is 0. The molecule has 154 valence electrons. The molecule has 6 nitrogen and oxygen atoms in total. The lowest BCUT2D eigenvalue weighted by Gasteiger charge is -2.27. The Labute approximate surface area is 188 Å². The third-order valence-electron chi connectivity index (χ3n) is 5.04. The molecule has 2 aromatic carbocycles. The van der Waals surface area contributed by atoms with Gasteiger partial charge in [0.05, 0.1) is 5.57 Å². The summed E-state index contributed by atoms with van der Waals surface area (Å²) >= 11 is 7.60. The predicted octanol–water partition coefficient (Wildman–Crippen LogP) is 5.59. The molecule has 2 aromatic heterocycles. The summed E-state index contributed by atoms with van der Waals surface area (Å²) in [5.41, 5.74) is 2.94. The second kappa shape index (κ2) is 8.02. The van der Waals surface area contributed by atoms with Gasteiger partial charge in [-0.05, 0) is 54.8 Å². The molecule has 3 heterocycles. The number of rotatable bonds is 4. The number of aromatic nitrogens is 3. The first kappa shape index (κ1) is 19.5. The third-order valence-corrected chi connectivity index (χ3v) is 6.22. The van der Waals surface area contributed by atoms with Gasteiger partial charge in [-0.2, -0.15) is 4.98 Å². The monoisotopic (exact) mass is 447 g/mol. The van der Waals surface area contributed by atoms with Gasteiger partial charge in [0.15, 0.2) is 5.82 Å². The van der Waals surface area contributed by atoms with Crippen molar-refractivity contribution in [2.45, 2.75) is 13.0 Å². The molecule has 1 amide bonds. The number of amides is 1. The van der Waals surface area contributed by atoms with Crippen molar-refractivity contribution in [2.75, 3.05) is 10.6 Å². The fourth-order valence-corrected chi connectivity index (χ4v) is 4.54. The lowest BCUT2D eigenvalue weighted by atomic mass is 10.0. The highest BCUT2D eigenvalue weighted by molar-refractivity contribution is 7.10. The van der Waals surface area contributed by atoms with Crippen LogP contribution in [-0.4, -0.2) is 20.7 Å². The highest BCUT2D eigenvalue weighted by atomic mass is 35.5. The first-order chi connectivity index (χ1) is 15.1. The van der Waals surface area contributed by atoms with Crippen LogP contribution in [0.3, 0.4) is 0 Å². The van der Waals surface area contributed by atoms with Crippen molar-refractivity contribution in [1.82, 2.24) is 14.8 Å². The molecule has 5 rings (SSSR count). The van der Waals surface area contributed by atoms with E-state index < -0.39 is 0 Å². The number of para-hydroxylation sites is 1. The van der Waals surface area contributed by atoms with Crippen LogP contribution < -0.4 is 10.6 Å². The number of carbonyl (C=O) groups excluding carboxylic acids is 1. The Morgan fingerprint density at radius 2 is 1.87 bits per heavy atom. The number of halogens is 1. The van der Waals surface area contributed by atoms with Crippen LogP contribution in [0.2, 0.25) is 5.02 Å². The number of carbonyl (C=O) groups is 1. The maximum atomic E-state index is 13.3. The average Bonchev–Trinajstić information content (AvgIpc) is 3.44. The number of allylic oxidation sites excluding steroid dienone is 1. The summed E-state index contributed by atoms with van der Waals surface area (Å²) in [5, 5.41) is 13.7. The molecule has 4 aromatic rings. The lowest BCUT2D eigenvalue weighted by molar-refractivity contribution is -0.113. The van der Waals surface area contributed by atoms with Crippen molar-refractivity contribution in [3.05, 3.63) is 93.3 Å². The van der Waals surface area contributed by atoms with Gasteiger partial charge < -0.3 is 10.6 Å². The number of hydrogen-bond donors (Lipinski definition) is 2. The lowest BCUT2D eigenvalue weighted by Crippen LogP contribution is -2.31. The van der Waals surface area contributed by atoms with Crippen LogP contribution in [0.5, 0.6) is 0 Å². The zero-order valence-electron chi connectivity index (χ0n) is 16.5. The SMILES string of the molecule is CC1=C(C(=O)Nc2ccccc2)C(c2cccs2)n2nc(-c3ccc(Cl)cc3)nc2N1. The number of thiophene rings is 1. The Bertz CT molecular complexity index is 1260. The Kier molecular flexibility index (Phi) is 5.05. The van der Waals surface area contributed by atoms with E-state index in [0.29, 0.717) is 22.4 Å². The van der Waals surface area contributed by atoms with Crippen molar-refractivity contribution in [1.29, 1.82) is 0 Å². The van der Waals surface area contributed by atoms with E-state index in [1.807, 2.05) is 79.0 Å². The minimum Gasteiger partial charge on any atom is -0.328 e. The van der Waals surface area contributed by atoms with Crippen LogP contribution in [0.25, 0.3) is 11.4 Å². The summed E-state index contributed by atoms with van der Waals surface area (Å²) in [4.78, 5) is 19.0. The minimum atomic E-state index is -0.381. The topological polar surface area (TPSA) is 71.8 Å². The van der Waals surface area contributed by atoms with Gasteiger partial charge >= 0.3 is 0 Å². The molecular formula is C23H18ClN5OS. The molecule has 0 fully saturated rings. The van der Waals surface area contributed by atoms with Crippen LogP contribution in [0.15, 0.2) is 83.4 Å². The van der Waals surface area contributed by atoms with Crippen LogP contribution in [0.4, 0.5) is 11.6 Å². The zero-order valence-corrected chi connectivity index (χ0v) is 18.1. The zero-order chi connectivity index (χ0) is 21.4. The summed E-state index contributed by atoms with van der Waals surface area (Å²) in [6, 6.07) is 20.4. The molecule has 0 spiro atoms. The normalized spacial score (nSPS) is 15.4. The second-order valence-electron chi connectivity index (χ2n) is 7.11. The second-order valence-corrected chi connectivity index (χ2v) is 8.53. The molecule has 8 heteroatoms. The van der Waals surface area contributed by atoms with E-state index in [1.165, 1.54) is 0 Å². The van der Waals surface area contributed by atoms with E-state index in [4.69, 9.17) is 16.7 Å². The summed E-state index contributed by atoms with van der Waals surface area (Å²) < 4.78 is 1.78. The van der Waals surface area contributed by atoms with Gasteiger partial charge in [0, 0.05) is 26.8 Å². The van der Waals surface area contributed by atoms with Crippen molar-refractivity contribution >= 4 is 40.5 Å². The fraction of sp³-hybridized carbons (Fsp3) is 0.0870. The molecule has 1 atom stereocenters. The molecule has 0 radical (unpaired) electrons. The molecule has 1 aliphatic heterocycles. The van der Waals surface area contributed by atoms with E-state index in [9.17, 15) is 4.79 Å². The summed E-state index contributed by atoms with van der Waals surface area (Å²) in [5.74, 6) is 0.985. The number of benzene rings is 2. The maximum absolute atomic E-state index is 13.3. The summed E-state index contributed by atoms with van der Waals surface area (Å²) in [7, 11) is 0. The molecule has 0 aliphatic carbocycles. The van der Waals surface area contributed by atoms with Crippen molar-refractivity contribution < 1.29 is 4.79 Å². The van der Waals surface area contributed by atoms with Gasteiger partial charge in [-0.1, -0.05) is 35.9 Å². The van der Waals surface area contributed by atoms with E-state index in [0.717, 1.165) is 21.8 Å². The summed E-state index contributed by atoms with van der Waals surface area (Å²) in [6.45, 7) is 1.89. The Morgan fingerprint density at radius 3 is 2.58 bits per heavy atom. The molecule has 0 saturated heterocycles. The third kappa shape index (κ3) is 3.73. The number of nitrogens with one attached hydrogen (secondary N) is 2. The fourth-order valence-electron chi connectivity index (χ4n) is 3.60. The minimum absolute atomic E-state index is 0.177. The molecule has 2 N–H and O–H groups in total. The van der Waals surface area contributed by atoms with Gasteiger partial charge in [-0.15, -0.1) is 16.4 Å². The van der Waals surface area contributed by atoms with Gasteiger partial charge in [-0.3, -0.25) is 4.79 Å². The van der Waals surface area contributed by atoms with Gasteiger partial charge in [0.2, 0.25) is 5.95 Å². The van der Waals surface area contributed by atoms with E-state index in [-0.39, 0.29) is 11.9 Å². The van der Waals surface area contributed by atoms with Crippen LogP contribution in [0, 0.1) is 0 Å². The molecule has 31 heavy (non-hydrogen) atoms. The molecule has 1 unspecified atom stereocenters. The van der Waals surface area contributed by atoms with E-state index in [2.05, 4.69) is 15.6 Å². The largest absolute Gasteiger partial charge is 0.328 e. The standard InChI is InChI=1S/C23H18ClN5OS/c1-14-19(22(30)26-17-6-3-2-4-7-17)20(18-8-5-13-31-18)29-23(25-14)27-21(28-29)15-9-11-16(24)12-10-15/h2-13,20H,1H3,(H,26,30)(H,25,27,28). The van der Waals surface area contributed by atoms with Crippen LogP contribution >= 0.6 is 22.9 Å². The maximum Gasteiger partial charge on any atom is 0.255 e. The smallest absolute Gasteiger partial charge is 0.255 e. The number of fused-ring (bicyclic) bond motifs is 1. The first-order valence-corrected chi connectivity index (χ1v) is 11.0. The average molecular weight is 448 g/mol.